The molecular formula is C15H20N2O. The van der Waals surface area contributed by atoms with Crippen molar-refractivity contribution in [3.05, 3.63) is 30.1 Å². The van der Waals surface area contributed by atoms with E-state index in [-0.39, 0.29) is 5.92 Å². The molecule has 2 fully saturated rings. The number of nitrogens with zero attached hydrogens (tertiary/aromatic N) is 2. The summed E-state index contributed by atoms with van der Waals surface area (Å²) < 4.78 is 0. The van der Waals surface area contributed by atoms with Gasteiger partial charge in [-0.15, -0.1) is 0 Å². The first kappa shape index (κ1) is 11.8. The molecule has 0 aliphatic carbocycles. The molecule has 0 aromatic carbocycles. The first-order valence-corrected chi connectivity index (χ1v) is 6.88. The molecule has 0 N–H and O–H groups in total. The molecule has 1 aromatic heterocycles. The van der Waals surface area contributed by atoms with Gasteiger partial charge in [-0.05, 0) is 44.9 Å². The summed E-state index contributed by atoms with van der Waals surface area (Å²) in [5, 5.41) is 0. The smallest absolute Gasteiger partial charge is 0.142 e. The second-order valence-corrected chi connectivity index (χ2v) is 5.68. The first-order valence-electron chi connectivity index (χ1n) is 6.88. The average molecular weight is 244 g/mol. The van der Waals surface area contributed by atoms with E-state index >= 15 is 0 Å². The average Bonchev–Trinajstić information content (AvgIpc) is 2.63. The molecule has 96 valence electrons. The standard InChI is InChI=1S/C15H20N2O/c1-17-13-5-6-14(17)9-11(8-13)15(18)10-12-4-2-3-7-16-12/h2-4,7,11,13-14H,5-6,8-10H2,1H3. The number of carbonyl (C=O) groups excluding carboxylic acids is 1. The Bertz CT molecular complexity index is 417. The largest absolute Gasteiger partial charge is 0.300 e. The Morgan fingerprint density at radius 3 is 2.67 bits per heavy atom. The summed E-state index contributed by atoms with van der Waals surface area (Å²) in [5.41, 5.74) is 0.911. The van der Waals surface area contributed by atoms with Gasteiger partial charge < -0.3 is 4.90 Å². The van der Waals surface area contributed by atoms with E-state index in [2.05, 4.69) is 16.9 Å². The normalized spacial score (nSPS) is 31.5. The highest BCUT2D eigenvalue weighted by Gasteiger charge is 2.40. The van der Waals surface area contributed by atoms with Crippen LogP contribution in [0.2, 0.25) is 0 Å². The number of Topliss-reactive ketones (excluding diaryl/α,β-unsaturated/α-hetero) is 1. The van der Waals surface area contributed by atoms with E-state index in [0.29, 0.717) is 24.3 Å². The Morgan fingerprint density at radius 2 is 2.06 bits per heavy atom. The van der Waals surface area contributed by atoms with Crippen LogP contribution in [-0.4, -0.2) is 34.8 Å². The summed E-state index contributed by atoms with van der Waals surface area (Å²) in [6.07, 6.45) is 6.93. The number of ketones is 1. The molecule has 2 atom stereocenters. The Morgan fingerprint density at radius 1 is 1.33 bits per heavy atom. The highest BCUT2D eigenvalue weighted by atomic mass is 16.1. The molecule has 2 bridgehead atoms. The molecule has 0 spiro atoms. The van der Waals surface area contributed by atoms with E-state index in [9.17, 15) is 4.79 Å². The Labute approximate surface area is 108 Å². The van der Waals surface area contributed by atoms with Crippen LogP contribution >= 0.6 is 0 Å². The van der Waals surface area contributed by atoms with Gasteiger partial charge in [0.25, 0.3) is 0 Å². The van der Waals surface area contributed by atoms with Crippen molar-refractivity contribution in [3.8, 4) is 0 Å². The lowest BCUT2D eigenvalue weighted by molar-refractivity contribution is -0.124. The fourth-order valence-corrected chi connectivity index (χ4v) is 3.50. The third-order valence-corrected chi connectivity index (χ3v) is 4.64. The molecule has 2 aliphatic heterocycles. The molecule has 3 rings (SSSR count). The number of fused-ring (bicyclic) bond motifs is 2. The second kappa shape index (κ2) is 4.81. The van der Waals surface area contributed by atoms with Crippen LogP contribution in [0.25, 0.3) is 0 Å². The molecule has 2 aliphatic rings. The molecule has 0 radical (unpaired) electrons. The van der Waals surface area contributed by atoms with Crippen LogP contribution in [0.15, 0.2) is 24.4 Å². The number of hydrogen-bond acceptors (Lipinski definition) is 3. The van der Waals surface area contributed by atoms with Gasteiger partial charge in [0.1, 0.15) is 5.78 Å². The van der Waals surface area contributed by atoms with Gasteiger partial charge >= 0.3 is 0 Å². The number of pyridine rings is 1. The Kier molecular flexibility index (Phi) is 3.16. The molecule has 3 heteroatoms. The molecule has 18 heavy (non-hydrogen) atoms. The summed E-state index contributed by atoms with van der Waals surface area (Å²) in [5.74, 6) is 0.652. The number of carbonyl (C=O) groups is 1. The zero-order valence-corrected chi connectivity index (χ0v) is 10.9. The summed E-state index contributed by atoms with van der Waals surface area (Å²) in [7, 11) is 2.21. The number of rotatable bonds is 3. The van der Waals surface area contributed by atoms with Crippen molar-refractivity contribution in [2.24, 2.45) is 5.92 Å². The van der Waals surface area contributed by atoms with E-state index < -0.39 is 0 Å². The van der Waals surface area contributed by atoms with Gasteiger partial charge in [0.2, 0.25) is 0 Å². The lowest BCUT2D eigenvalue weighted by atomic mass is 9.86. The zero-order valence-electron chi connectivity index (χ0n) is 10.9. The van der Waals surface area contributed by atoms with E-state index in [1.54, 1.807) is 6.20 Å². The fraction of sp³-hybridized carbons (Fsp3) is 0.600. The summed E-state index contributed by atoms with van der Waals surface area (Å²) >= 11 is 0. The maximum Gasteiger partial charge on any atom is 0.142 e. The minimum atomic E-state index is 0.265. The SMILES string of the molecule is CN1C2CCC1CC(C(=O)Cc1ccccn1)C2. The summed E-state index contributed by atoms with van der Waals surface area (Å²) in [4.78, 5) is 19.1. The minimum Gasteiger partial charge on any atom is -0.300 e. The topological polar surface area (TPSA) is 33.2 Å². The predicted molar refractivity (Wildman–Crippen MR) is 70.2 cm³/mol. The van der Waals surface area contributed by atoms with Crippen LogP contribution in [0.4, 0.5) is 0 Å². The highest BCUT2D eigenvalue weighted by Crippen LogP contribution is 2.37. The van der Waals surface area contributed by atoms with Crippen molar-refractivity contribution in [1.82, 2.24) is 9.88 Å². The van der Waals surface area contributed by atoms with Crippen molar-refractivity contribution in [2.75, 3.05) is 7.05 Å². The van der Waals surface area contributed by atoms with Gasteiger partial charge in [0, 0.05) is 36.3 Å². The molecule has 1 aromatic rings. The van der Waals surface area contributed by atoms with Gasteiger partial charge in [-0.1, -0.05) is 6.07 Å². The van der Waals surface area contributed by atoms with E-state index in [1.807, 2.05) is 18.2 Å². The monoisotopic (exact) mass is 244 g/mol. The van der Waals surface area contributed by atoms with Crippen LogP contribution in [0.5, 0.6) is 0 Å². The number of piperidine rings is 1. The fourth-order valence-electron chi connectivity index (χ4n) is 3.50. The van der Waals surface area contributed by atoms with Crippen LogP contribution < -0.4 is 0 Å². The van der Waals surface area contributed by atoms with Crippen molar-refractivity contribution in [2.45, 2.75) is 44.2 Å². The van der Waals surface area contributed by atoms with E-state index in [1.165, 1.54) is 12.8 Å². The van der Waals surface area contributed by atoms with Gasteiger partial charge in [-0.2, -0.15) is 0 Å². The van der Waals surface area contributed by atoms with Gasteiger partial charge in [0.05, 0.1) is 0 Å². The molecule has 2 unspecified atom stereocenters. The minimum absolute atomic E-state index is 0.265. The molecule has 3 heterocycles. The number of aromatic nitrogens is 1. The van der Waals surface area contributed by atoms with Crippen molar-refractivity contribution in [3.63, 3.8) is 0 Å². The summed E-state index contributed by atoms with van der Waals surface area (Å²) in [6, 6.07) is 7.07. The number of hydrogen-bond donors (Lipinski definition) is 0. The van der Waals surface area contributed by atoms with Crippen molar-refractivity contribution in [1.29, 1.82) is 0 Å². The van der Waals surface area contributed by atoms with Crippen molar-refractivity contribution < 1.29 is 4.79 Å². The van der Waals surface area contributed by atoms with Crippen LogP contribution in [-0.2, 0) is 11.2 Å². The van der Waals surface area contributed by atoms with Crippen LogP contribution in [0, 0.1) is 5.92 Å². The molecule has 2 saturated heterocycles. The Balaban J connectivity index is 1.64. The quantitative estimate of drug-likeness (QED) is 0.816. The summed E-state index contributed by atoms with van der Waals surface area (Å²) in [6.45, 7) is 0. The van der Waals surface area contributed by atoms with Crippen molar-refractivity contribution >= 4 is 5.78 Å². The maximum absolute atomic E-state index is 12.3. The molecular weight excluding hydrogens is 224 g/mol. The van der Waals surface area contributed by atoms with Gasteiger partial charge in [0.15, 0.2) is 0 Å². The molecule has 0 saturated carbocycles. The lowest BCUT2D eigenvalue weighted by Gasteiger charge is -2.35. The van der Waals surface area contributed by atoms with Crippen LogP contribution in [0.1, 0.15) is 31.4 Å². The first-order chi connectivity index (χ1) is 8.74. The lowest BCUT2D eigenvalue weighted by Crippen LogP contribution is -2.42. The third-order valence-electron chi connectivity index (χ3n) is 4.64. The van der Waals surface area contributed by atoms with E-state index in [4.69, 9.17) is 0 Å². The molecule has 0 amide bonds. The third kappa shape index (κ3) is 2.19. The zero-order chi connectivity index (χ0) is 12.5. The predicted octanol–water partition coefficient (Wildman–Crippen LogP) is 2.07. The Hall–Kier alpha value is -1.22. The van der Waals surface area contributed by atoms with Gasteiger partial charge in [-0.3, -0.25) is 9.78 Å². The van der Waals surface area contributed by atoms with Crippen LogP contribution in [0.3, 0.4) is 0 Å². The molecule has 3 nitrogen and oxygen atoms in total. The highest BCUT2D eigenvalue weighted by molar-refractivity contribution is 5.83. The maximum atomic E-state index is 12.3. The second-order valence-electron chi connectivity index (χ2n) is 5.68. The van der Waals surface area contributed by atoms with E-state index in [0.717, 1.165) is 18.5 Å². The van der Waals surface area contributed by atoms with Gasteiger partial charge in [-0.25, -0.2) is 0 Å².